The van der Waals surface area contributed by atoms with E-state index in [-0.39, 0.29) is 17.7 Å². The number of thiophene rings is 1. The van der Waals surface area contributed by atoms with Crippen LogP contribution in [0, 0.1) is 11.3 Å². The molecule has 2 aliphatic heterocycles. The molecule has 3 aromatic rings. The second-order valence-electron chi connectivity index (χ2n) is 22.5. The van der Waals surface area contributed by atoms with Gasteiger partial charge in [-0.05, 0) is 53.6 Å². The van der Waals surface area contributed by atoms with Crippen LogP contribution in [0.2, 0.25) is 0 Å². The number of unbranched alkanes of at least 4 members (excludes halogenated alkanes) is 30. The van der Waals surface area contributed by atoms with Crippen molar-refractivity contribution in [3.63, 3.8) is 0 Å². The fourth-order valence-corrected chi connectivity index (χ4v) is 12.9. The molecule has 2 amide bonds. The Morgan fingerprint density at radius 1 is 0.554 bits per heavy atom. The van der Waals surface area contributed by atoms with Gasteiger partial charge in [-0.25, -0.2) is 0 Å². The van der Waals surface area contributed by atoms with Gasteiger partial charge < -0.3 is 18.9 Å². The van der Waals surface area contributed by atoms with Crippen molar-refractivity contribution >= 4 is 49.9 Å². The van der Waals surface area contributed by atoms with E-state index in [1.165, 1.54) is 204 Å². The zero-order valence-corrected chi connectivity index (χ0v) is 49.7. The molecule has 0 fully saturated rings. The molecular weight excluding hydrogens is 1010 g/mol. The summed E-state index contributed by atoms with van der Waals surface area (Å²) in [5, 5.41) is 10.1. The molecule has 0 N–H and O–H groups in total. The van der Waals surface area contributed by atoms with Gasteiger partial charge in [0.05, 0.1) is 47.0 Å². The summed E-state index contributed by atoms with van der Waals surface area (Å²) in [6.07, 6.45) is 48.6. The minimum absolute atomic E-state index is 0.217. The van der Waals surface area contributed by atoms with E-state index in [0.29, 0.717) is 74.4 Å². The zero-order chi connectivity index (χ0) is 52.5. The first-order chi connectivity index (χ1) is 36.4. The standard InChI is InChI=1S/C63H102BrN3O6S/c1-5-9-13-17-21-24-26-29-33-37-41-70-47-63(48-71-42-38-34-30-27-25-22-18-14-10-6-2)49-72-57-58(73-50-63)60(64)74-59(57)55-54-45-66-65-44-52(54)43-53-56(55)62(69)67(61(53)68)46-51(39-35-31-20-16-12-8-4)40-36-32-28-23-19-15-11-7-3/h43-45,51H,5-42,46-50H2,1-4H3. The van der Waals surface area contributed by atoms with Gasteiger partial charge in [-0.2, -0.15) is 10.2 Å². The number of hydrogen-bond acceptors (Lipinski definition) is 9. The number of benzene rings is 1. The summed E-state index contributed by atoms with van der Waals surface area (Å²) < 4.78 is 27.6. The number of rotatable bonds is 45. The first-order valence-corrected chi connectivity index (χ1v) is 32.4. The molecule has 1 aromatic carbocycles. The molecule has 2 aromatic heterocycles. The van der Waals surface area contributed by atoms with Crippen molar-refractivity contribution in [2.75, 3.05) is 46.2 Å². The third-order valence-corrected chi connectivity index (χ3v) is 17.6. The molecule has 418 valence electrons. The smallest absolute Gasteiger partial charge is 0.262 e. The van der Waals surface area contributed by atoms with Gasteiger partial charge in [-0.15, -0.1) is 11.3 Å². The molecular formula is C63H102BrN3O6S. The Bertz CT molecular complexity index is 1980. The fraction of sp³-hybridized carbons (Fsp3) is 0.778. The van der Waals surface area contributed by atoms with Gasteiger partial charge in [0.2, 0.25) is 0 Å². The maximum absolute atomic E-state index is 15.0. The number of aromatic nitrogens is 2. The van der Waals surface area contributed by atoms with Crippen LogP contribution >= 0.6 is 27.3 Å². The number of fused-ring (bicyclic) bond motifs is 3. The first-order valence-electron chi connectivity index (χ1n) is 30.7. The fourth-order valence-electron chi connectivity index (χ4n) is 11.1. The summed E-state index contributed by atoms with van der Waals surface area (Å²) in [4.78, 5) is 32.0. The number of carbonyl (C=O) groups excluding carboxylic acids is 2. The van der Waals surface area contributed by atoms with Crippen molar-refractivity contribution in [3.8, 4) is 21.9 Å². The quantitative estimate of drug-likeness (QED) is 0.0408. The lowest BCUT2D eigenvalue weighted by Gasteiger charge is -2.30. The molecule has 4 heterocycles. The third kappa shape index (κ3) is 21.0. The van der Waals surface area contributed by atoms with Crippen LogP contribution in [-0.4, -0.2) is 73.1 Å². The Hall–Kier alpha value is -2.60. The molecule has 11 heteroatoms. The summed E-state index contributed by atoms with van der Waals surface area (Å²) in [6, 6.07) is 1.85. The highest BCUT2D eigenvalue weighted by molar-refractivity contribution is 9.11. The molecule has 0 spiro atoms. The summed E-state index contributed by atoms with van der Waals surface area (Å²) >= 11 is 5.35. The summed E-state index contributed by atoms with van der Waals surface area (Å²) in [5.41, 5.74) is 0.982. The van der Waals surface area contributed by atoms with E-state index < -0.39 is 5.41 Å². The average molecular weight is 1110 g/mol. The molecule has 2 aliphatic rings. The zero-order valence-electron chi connectivity index (χ0n) is 47.3. The Morgan fingerprint density at radius 3 is 1.45 bits per heavy atom. The van der Waals surface area contributed by atoms with Gasteiger partial charge in [0, 0.05) is 36.1 Å². The third-order valence-electron chi connectivity index (χ3n) is 15.8. The number of carbonyl (C=O) groups is 2. The Kier molecular flexibility index (Phi) is 31.3. The second kappa shape index (κ2) is 37.3. The van der Waals surface area contributed by atoms with Crippen molar-refractivity contribution < 1.29 is 28.5 Å². The molecule has 74 heavy (non-hydrogen) atoms. The Labute approximate surface area is 462 Å². The van der Waals surface area contributed by atoms with Gasteiger partial charge in [0.25, 0.3) is 11.8 Å². The molecule has 9 nitrogen and oxygen atoms in total. The highest BCUT2D eigenvalue weighted by atomic mass is 79.9. The van der Waals surface area contributed by atoms with Crippen molar-refractivity contribution in [1.29, 1.82) is 0 Å². The van der Waals surface area contributed by atoms with Gasteiger partial charge >= 0.3 is 0 Å². The number of ether oxygens (including phenoxy) is 4. The number of halogens is 1. The monoisotopic (exact) mass is 1110 g/mol. The van der Waals surface area contributed by atoms with Crippen LogP contribution in [0.4, 0.5) is 0 Å². The molecule has 5 rings (SSSR count). The molecule has 0 radical (unpaired) electrons. The van der Waals surface area contributed by atoms with Crippen LogP contribution in [0.3, 0.4) is 0 Å². The summed E-state index contributed by atoms with van der Waals surface area (Å²) in [5.74, 6) is 1.01. The number of amides is 2. The Morgan fingerprint density at radius 2 is 0.973 bits per heavy atom. The largest absolute Gasteiger partial charge is 0.487 e. The number of imide groups is 1. The van der Waals surface area contributed by atoms with Crippen LogP contribution in [0.5, 0.6) is 11.5 Å². The van der Waals surface area contributed by atoms with E-state index in [2.05, 4.69) is 53.8 Å². The topological polar surface area (TPSA) is 100 Å². The minimum atomic E-state index is -0.542. The lowest BCUT2D eigenvalue weighted by Crippen LogP contribution is -2.42. The normalized spacial score (nSPS) is 14.6. The van der Waals surface area contributed by atoms with E-state index in [0.717, 1.165) is 58.0 Å². The lowest BCUT2D eigenvalue weighted by atomic mass is 9.92. The predicted octanol–water partition coefficient (Wildman–Crippen LogP) is 19.2. The molecule has 1 atom stereocenters. The second-order valence-corrected chi connectivity index (χ2v) is 24.8. The number of nitrogens with zero attached hydrogens (tertiary/aromatic N) is 3. The highest BCUT2D eigenvalue weighted by Crippen LogP contribution is 2.55. The van der Waals surface area contributed by atoms with E-state index in [1.54, 1.807) is 17.3 Å². The molecule has 0 saturated heterocycles. The minimum Gasteiger partial charge on any atom is -0.487 e. The van der Waals surface area contributed by atoms with Crippen molar-refractivity contribution in [2.45, 2.75) is 259 Å². The van der Waals surface area contributed by atoms with E-state index in [1.807, 2.05) is 6.07 Å². The first kappa shape index (κ1) is 62.2. The number of hydrogen-bond donors (Lipinski definition) is 0. The highest BCUT2D eigenvalue weighted by Gasteiger charge is 2.43. The maximum atomic E-state index is 15.0. The maximum Gasteiger partial charge on any atom is 0.262 e. The molecule has 1 unspecified atom stereocenters. The van der Waals surface area contributed by atoms with Crippen LogP contribution in [0.1, 0.15) is 280 Å². The van der Waals surface area contributed by atoms with Crippen molar-refractivity contribution in [1.82, 2.24) is 15.1 Å². The van der Waals surface area contributed by atoms with Crippen LogP contribution < -0.4 is 9.47 Å². The van der Waals surface area contributed by atoms with Crippen LogP contribution in [0.25, 0.3) is 21.2 Å². The van der Waals surface area contributed by atoms with E-state index in [4.69, 9.17) is 18.9 Å². The van der Waals surface area contributed by atoms with Crippen molar-refractivity contribution in [3.05, 3.63) is 33.4 Å². The predicted molar refractivity (Wildman–Crippen MR) is 313 cm³/mol. The summed E-state index contributed by atoms with van der Waals surface area (Å²) in [7, 11) is 0. The Balaban J connectivity index is 1.30. The molecule has 0 saturated carbocycles. The van der Waals surface area contributed by atoms with Gasteiger partial charge in [0.15, 0.2) is 11.5 Å². The van der Waals surface area contributed by atoms with Crippen LogP contribution in [0.15, 0.2) is 22.2 Å². The average Bonchev–Trinajstić information content (AvgIpc) is 3.75. The van der Waals surface area contributed by atoms with Crippen molar-refractivity contribution in [2.24, 2.45) is 11.3 Å². The van der Waals surface area contributed by atoms with E-state index in [9.17, 15) is 4.79 Å². The van der Waals surface area contributed by atoms with Gasteiger partial charge in [-0.3, -0.25) is 14.5 Å². The van der Waals surface area contributed by atoms with Gasteiger partial charge in [-0.1, -0.05) is 233 Å². The lowest BCUT2D eigenvalue weighted by molar-refractivity contribution is -0.0605. The van der Waals surface area contributed by atoms with Crippen LogP contribution in [-0.2, 0) is 9.47 Å². The molecule has 0 bridgehead atoms. The summed E-state index contributed by atoms with van der Waals surface area (Å²) in [6.45, 7) is 12.5. The van der Waals surface area contributed by atoms with Gasteiger partial charge in [0.1, 0.15) is 17.0 Å². The SMILES string of the molecule is CCCCCCCCCCCCOCC1(COCCCCCCCCCCCC)COc2c(Br)sc(-c3c4c(cc5cnncc35)C(=O)N(CC(CCCCCCCC)CCCCCCCCCC)C4=O)c2OC1. The van der Waals surface area contributed by atoms with E-state index >= 15 is 4.79 Å². The molecule has 0 aliphatic carbocycles.